The van der Waals surface area contributed by atoms with Crippen molar-refractivity contribution >= 4 is 0 Å². The first-order valence-electron chi connectivity index (χ1n) is 6.13. The molecule has 2 aromatic rings. The Morgan fingerprint density at radius 3 is 2.50 bits per heavy atom. The minimum atomic E-state index is -4.12. The topological polar surface area (TPSA) is 48.2 Å². The number of alkyl halides is 3. The molecule has 0 amide bonds. The summed E-state index contributed by atoms with van der Waals surface area (Å²) in [7, 11) is 0. The molecule has 0 unspecified atom stereocenters. The maximum atomic E-state index is 11.9. The third-order valence-electron chi connectivity index (χ3n) is 2.51. The lowest BCUT2D eigenvalue weighted by Gasteiger charge is -2.05. The molecule has 0 saturated heterocycles. The van der Waals surface area contributed by atoms with Gasteiger partial charge in [0.05, 0.1) is 6.61 Å². The Morgan fingerprint density at radius 2 is 1.80 bits per heavy atom. The van der Waals surface area contributed by atoms with Crippen LogP contribution in [0.1, 0.15) is 19.3 Å². The van der Waals surface area contributed by atoms with E-state index < -0.39 is 12.6 Å². The first-order chi connectivity index (χ1) is 9.54. The SMILES string of the molecule is FC(F)(F)CCCCOc1nnc(-c2ccccc2)o1. The van der Waals surface area contributed by atoms with Crippen molar-refractivity contribution in [1.29, 1.82) is 0 Å². The predicted octanol–water partition coefficient (Wildman–Crippen LogP) is 3.85. The molecule has 0 aliphatic heterocycles. The lowest BCUT2D eigenvalue weighted by atomic mass is 10.2. The summed E-state index contributed by atoms with van der Waals surface area (Å²) in [5.74, 6) is 0.316. The highest BCUT2D eigenvalue weighted by molar-refractivity contribution is 5.51. The summed E-state index contributed by atoms with van der Waals surface area (Å²) >= 11 is 0. The summed E-state index contributed by atoms with van der Waals surface area (Å²) < 4.78 is 46.1. The molecule has 0 bridgehead atoms. The Bertz CT molecular complexity index is 526. The molecule has 4 nitrogen and oxygen atoms in total. The first kappa shape index (κ1) is 14.4. The molecule has 20 heavy (non-hydrogen) atoms. The molecule has 2 rings (SSSR count). The molecule has 108 valence electrons. The predicted molar refractivity (Wildman–Crippen MR) is 65.1 cm³/mol. The lowest BCUT2D eigenvalue weighted by Crippen LogP contribution is -2.07. The van der Waals surface area contributed by atoms with Gasteiger partial charge in [0.25, 0.3) is 5.89 Å². The molecular formula is C13H13F3N2O2. The Labute approximate surface area is 113 Å². The van der Waals surface area contributed by atoms with Crippen LogP contribution in [-0.2, 0) is 0 Å². The maximum Gasteiger partial charge on any atom is 0.414 e. The van der Waals surface area contributed by atoms with E-state index in [-0.39, 0.29) is 25.5 Å². The van der Waals surface area contributed by atoms with Crippen LogP contribution in [0.4, 0.5) is 13.2 Å². The van der Waals surface area contributed by atoms with E-state index in [1.54, 1.807) is 12.1 Å². The van der Waals surface area contributed by atoms with Crippen LogP contribution in [0.5, 0.6) is 6.08 Å². The van der Waals surface area contributed by atoms with Crippen molar-refractivity contribution in [2.24, 2.45) is 0 Å². The van der Waals surface area contributed by atoms with Gasteiger partial charge < -0.3 is 9.15 Å². The average Bonchev–Trinajstić information content (AvgIpc) is 2.87. The summed E-state index contributed by atoms with van der Waals surface area (Å²) in [6.07, 6.45) is -4.66. The van der Waals surface area contributed by atoms with E-state index in [0.29, 0.717) is 5.89 Å². The van der Waals surface area contributed by atoms with Crippen LogP contribution in [0.25, 0.3) is 11.5 Å². The summed E-state index contributed by atoms with van der Waals surface area (Å²) in [5, 5.41) is 7.48. The molecule has 0 N–H and O–H groups in total. The second-order valence-electron chi connectivity index (χ2n) is 4.16. The van der Waals surface area contributed by atoms with Crippen LogP contribution in [0.15, 0.2) is 34.7 Å². The summed E-state index contributed by atoms with van der Waals surface area (Å²) in [6.45, 7) is 0.118. The number of rotatable bonds is 6. The van der Waals surface area contributed by atoms with Gasteiger partial charge in [0, 0.05) is 12.0 Å². The van der Waals surface area contributed by atoms with E-state index in [0.717, 1.165) is 5.56 Å². The molecule has 0 spiro atoms. The van der Waals surface area contributed by atoms with E-state index in [9.17, 15) is 13.2 Å². The highest BCUT2D eigenvalue weighted by Gasteiger charge is 2.25. The molecule has 0 radical (unpaired) electrons. The van der Waals surface area contributed by atoms with Gasteiger partial charge in [-0.15, -0.1) is 5.10 Å². The minimum Gasteiger partial charge on any atom is -0.449 e. The zero-order valence-corrected chi connectivity index (χ0v) is 10.6. The monoisotopic (exact) mass is 286 g/mol. The highest BCUT2D eigenvalue weighted by atomic mass is 19.4. The van der Waals surface area contributed by atoms with Crippen molar-refractivity contribution < 1.29 is 22.3 Å². The van der Waals surface area contributed by atoms with Gasteiger partial charge in [0.1, 0.15) is 0 Å². The van der Waals surface area contributed by atoms with Gasteiger partial charge >= 0.3 is 12.3 Å². The van der Waals surface area contributed by atoms with Crippen LogP contribution in [0.3, 0.4) is 0 Å². The number of hydrogen-bond acceptors (Lipinski definition) is 4. The second kappa shape index (κ2) is 6.40. The van der Waals surface area contributed by atoms with Gasteiger partial charge in [-0.2, -0.15) is 13.2 Å². The maximum absolute atomic E-state index is 11.9. The molecular weight excluding hydrogens is 273 g/mol. The van der Waals surface area contributed by atoms with Gasteiger partial charge in [-0.1, -0.05) is 23.3 Å². The summed E-state index contributed by atoms with van der Waals surface area (Å²) in [6, 6.07) is 9.13. The highest BCUT2D eigenvalue weighted by Crippen LogP contribution is 2.23. The average molecular weight is 286 g/mol. The fourth-order valence-corrected chi connectivity index (χ4v) is 1.55. The van der Waals surface area contributed by atoms with Crippen LogP contribution < -0.4 is 4.74 Å². The van der Waals surface area contributed by atoms with E-state index in [4.69, 9.17) is 9.15 Å². The van der Waals surface area contributed by atoms with Crippen LogP contribution >= 0.6 is 0 Å². The third kappa shape index (κ3) is 4.56. The Morgan fingerprint density at radius 1 is 1.05 bits per heavy atom. The van der Waals surface area contributed by atoms with Gasteiger partial charge in [-0.05, 0) is 25.0 Å². The van der Waals surface area contributed by atoms with Gasteiger partial charge in [-0.3, -0.25) is 0 Å². The standard InChI is InChI=1S/C13H13F3N2O2/c14-13(15,16)8-4-5-9-19-12-18-17-11(20-12)10-6-2-1-3-7-10/h1-3,6-7H,4-5,8-9H2. The van der Waals surface area contributed by atoms with E-state index in [2.05, 4.69) is 10.2 Å². The normalized spacial score (nSPS) is 11.6. The van der Waals surface area contributed by atoms with Crippen molar-refractivity contribution in [2.45, 2.75) is 25.4 Å². The van der Waals surface area contributed by atoms with Crippen LogP contribution in [0.2, 0.25) is 0 Å². The number of benzene rings is 1. The third-order valence-corrected chi connectivity index (χ3v) is 2.51. The van der Waals surface area contributed by atoms with Crippen molar-refractivity contribution in [1.82, 2.24) is 10.2 Å². The molecule has 0 fully saturated rings. The van der Waals surface area contributed by atoms with Crippen molar-refractivity contribution in [3.8, 4) is 17.5 Å². The largest absolute Gasteiger partial charge is 0.449 e. The molecule has 0 saturated carbocycles. The molecule has 1 aromatic heterocycles. The van der Waals surface area contributed by atoms with E-state index in [1.165, 1.54) is 0 Å². The molecule has 1 aromatic carbocycles. The second-order valence-corrected chi connectivity index (χ2v) is 4.16. The van der Waals surface area contributed by atoms with Gasteiger partial charge in [0.15, 0.2) is 0 Å². The number of ether oxygens (including phenoxy) is 1. The Kier molecular flexibility index (Phi) is 4.60. The summed E-state index contributed by atoms with van der Waals surface area (Å²) in [4.78, 5) is 0. The smallest absolute Gasteiger partial charge is 0.414 e. The lowest BCUT2D eigenvalue weighted by molar-refractivity contribution is -0.135. The minimum absolute atomic E-state index is 0.0170. The molecule has 1 heterocycles. The first-order valence-corrected chi connectivity index (χ1v) is 6.13. The molecule has 0 aliphatic rings. The Hall–Kier alpha value is -2.05. The quantitative estimate of drug-likeness (QED) is 0.757. The van der Waals surface area contributed by atoms with E-state index in [1.807, 2.05) is 18.2 Å². The zero-order valence-electron chi connectivity index (χ0n) is 10.6. The number of halogens is 3. The summed E-state index contributed by atoms with van der Waals surface area (Å²) in [5.41, 5.74) is 0.756. The molecule has 0 aliphatic carbocycles. The van der Waals surface area contributed by atoms with Crippen LogP contribution in [0, 0.1) is 0 Å². The van der Waals surface area contributed by atoms with Crippen molar-refractivity contribution in [3.05, 3.63) is 30.3 Å². The van der Waals surface area contributed by atoms with Crippen molar-refractivity contribution in [3.63, 3.8) is 0 Å². The number of hydrogen-bond donors (Lipinski definition) is 0. The fourth-order valence-electron chi connectivity index (χ4n) is 1.55. The molecule has 0 atom stereocenters. The molecule has 7 heteroatoms. The van der Waals surface area contributed by atoms with Gasteiger partial charge in [-0.25, -0.2) is 0 Å². The number of unbranched alkanes of at least 4 members (excludes halogenated alkanes) is 1. The van der Waals surface area contributed by atoms with Gasteiger partial charge in [0.2, 0.25) is 0 Å². The number of aromatic nitrogens is 2. The van der Waals surface area contributed by atoms with Crippen molar-refractivity contribution in [2.75, 3.05) is 6.61 Å². The Balaban J connectivity index is 1.76. The fraction of sp³-hybridized carbons (Fsp3) is 0.385. The van der Waals surface area contributed by atoms with E-state index >= 15 is 0 Å². The zero-order chi connectivity index (χ0) is 14.4. The van der Waals surface area contributed by atoms with Crippen LogP contribution in [-0.4, -0.2) is 23.0 Å². The number of nitrogens with zero attached hydrogens (tertiary/aromatic N) is 2.